The van der Waals surface area contributed by atoms with Crippen LogP contribution >= 0.6 is 0 Å². The van der Waals surface area contributed by atoms with E-state index in [9.17, 15) is 61.0 Å². The van der Waals surface area contributed by atoms with Gasteiger partial charge in [0, 0.05) is 6.42 Å². The first-order chi connectivity index (χ1) is 42.8. The van der Waals surface area contributed by atoms with Crippen LogP contribution in [-0.4, -0.2) is 193 Å². The molecule has 0 aromatic rings. The minimum absolute atomic E-state index is 0.248. The first kappa shape index (κ1) is 79.2. The number of hydrogen-bond acceptors (Lipinski definition) is 18. The van der Waals surface area contributed by atoms with Crippen molar-refractivity contribution < 1.29 is 89.4 Å². The molecule has 12 N–H and O–H groups in total. The lowest BCUT2D eigenvalue weighted by Gasteiger charge is -2.48. The number of carbonyl (C=O) groups is 1. The maximum atomic E-state index is 13.4. The maximum absolute atomic E-state index is 13.4. The molecule has 88 heavy (non-hydrogen) atoms. The number of carbonyl (C=O) groups excluding carboxylic acids is 1. The average molecular weight is 1250 g/mol. The molecular formula is C69H119NO18. The SMILES string of the molecule is CC/C=C\C/C=C\C/C=C\C/C=C\C/C=C\C/C=C\C/C=C\CCCCCCCCCC(=O)NC(COC1OC(CO)C(OC2OC(CO)C(OC3OC(CO)C(O)C(O)C3O)C(O)C2O)C(O)C1O)C(O)CCCCCCCCCCCCCCCC. The van der Waals surface area contributed by atoms with Gasteiger partial charge in [0.05, 0.1) is 38.6 Å². The van der Waals surface area contributed by atoms with Crippen LogP contribution in [0.4, 0.5) is 0 Å². The fraction of sp³-hybridized carbons (Fsp3) is 0.783. The Kier molecular flexibility index (Phi) is 45.5. The van der Waals surface area contributed by atoms with E-state index >= 15 is 0 Å². The summed E-state index contributed by atoms with van der Waals surface area (Å²) in [5, 5.41) is 121. The maximum Gasteiger partial charge on any atom is 0.220 e. The summed E-state index contributed by atoms with van der Waals surface area (Å²) in [6.07, 6.45) is 36.5. The molecule has 0 spiro atoms. The molecule has 0 aliphatic carbocycles. The highest BCUT2D eigenvalue weighted by atomic mass is 16.8. The van der Waals surface area contributed by atoms with Crippen molar-refractivity contribution in [1.82, 2.24) is 5.32 Å². The standard InChI is InChI=1S/C69H119NO18/c1-3-5-7-9-11-13-15-17-19-20-21-22-23-24-25-26-27-28-29-30-31-32-33-35-37-39-41-43-45-47-57(75)70-52(53(74)46-44-42-40-38-36-34-18-16-14-12-10-8-6-4-2)51-83-67-63(81)60(78)65(55(49-72)85-67)88-69-64(82)61(79)66(56(50-73)86-69)87-68-62(80)59(77)58(76)54(48-71)84-68/h5,7,11,13,17,19,21-22,24-25,27-28,30-31,52-56,58-69,71-74,76-82H,3-4,6,8-10,12,14-16,18,20,23,26,29,32-51H2,1-2H3,(H,70,75)/b7-5-,13-11-,19-17-,22-21-,25-24-,28-27-,31-30-. The van der Waals surface area contributed by atoms with Crippen molar-refractivity contribution in [2.45, 2.75) is 317 Å². The quantitative estimate of drug-likeness (QED) is 0.0201. The van der Waals surface area contributed by atoms with Crippen molar-refractivity contribution >= 4 is 5.91 Å². The Morgan fingerprint density at radius 2 is 0.784 bits per heavy atom. The number of aliphatic hydroxyl groups is 11. The van der Waals surface area contributed by atoms with Gasteiger partial charge < -0.3 is 89.9 Å². The van der Waals surface area contributed by atoms with Crippen LogP contribution in [0.2, 0.25) is 0 Å². The van der Waals surface area contributed by atoms with Crippen molar-refractivity contribution in [1.29, 1.82) is 0 Å². The topological polar surface area (TPSA) is 307 Å². The third-order valence-electron chi connectivity index (χ3n) is 16.5. The van der Waals surface area contributed by atoms with Crippen molar-refractivity contribution in [3.8, 4) is 0 Å². The highest BCUT2D eigenvalue weighted by Gasteiger charge is 2.53. The molecule has 0 bridgehead atoms. The van der Waals surface area contributed by atoms with E-state index in [1.54, 1.807) is 0 Å². The second-order valence-electron chi connectivity index (χ2n) is 23.9. The molecule has 0 aromatic carbocycles. The summed E-state index contributed by atoms with van der Waals surface area (Å²) >= 11 is 0. The lowest BCUT2D eigenvalue weighted by molar-refractivity contribution is -0.379. The summed E-state index contributed by atoms with van der Waals surface area (Å²) in [7, 11) is 0. The Hall–Kier alpha value is -3.03. The molecule has 3 aliphatic heterocycles. The molecule has 0 radical (unpaired) electrons. The number of ether oxygens (including phenoxy) is 6. The highest BCUT2D eigenvalue weighted by molar-refractivity contribution is 5.76. The van der Waals surface area contributed by atoms with Gasteiger partial charge in [0.25, 0.3) is 0 Å². The fourth-order valence-electron chi connectivity index (χ4n) is 11.0. The predicted molar refractivity (Wildman–Crippen MR) is 341 cm³/mol. The van der Waals surface area contributed by atoms with Crippen LogP contribution in [0.15, 0.2) is 85.1 Å². The van der Waals surface area contributed by atoms with Gasteiger partial charge in [-0.15, -0.1) is 0 Å². The molecule has 3 aliphatic rings. The zero-order valence-electron chi connectivity index (χ0n) is 53.4. The Morgan fingerprint density at radius 3 is 1.23 bits per heavy atom. The molecule has 3 heterocycles. The number of aliphatic hydroxyl groups excluding tert-OH is 11. The molecule has 0 saturated carbocycles. The van der Waals surface area contributed by atoms with Crippen molar-refractivity contribution in [3.63, 3.8) is 0 Å². The molecule has 0 aromatic heterocycles. The first-order valence-corrected chi connectivity index (χ1v) is 33.8. The fourth-order valence-corrected chi connectivity index (χ4v) is 11.0. The van der Waals surface area contributed by atoms with Gasteiger partial charge in [-0.1, -0.05) is 221 Å². The van der Waals surface area contributed by atoms with Gasteiger partial charge in [-0.05, 0) is 70.6 Å². The Balaban J connectivity index is 1.42. The molecule has 508 valence electrons. The van der Waals surface area contributed by atoms with Crippen LogP contribution in [-0.2, 0) is 33.2 Å². The average Bonchev–Trinajstić information content (AvgIpc) is 2.57. The first-order valence-electron chi connectivity index (χ1n) is 33.8. The molecular weight excluding hydrogens is 1130 g/mol. The van der Waals surface area contributed by atoms with E-state index in [-0.39, 0.29) is 18.9 Å². The van der Waals surface area contributed by atoms with E-state index in [1.165, 1.54) is 64.2 Å². The van der Waals surface area contributed by atoms with Crippen LogP contribution in [0.25, 0.3) is 0 Å². The smallest absolute Gasteiger partial charge is 0.220 e. The van der Waals surface area contributed by atoms with E-state index in [0.29, 0.717) is 12.8 Å². The second-order valence-corrected chi connectivity index (χ2v) is 23.9. The van der Waals surface area contributed by atoms with Gasteiger partial charge in [-0.2, -0.15) is 0 Å². The van der Waals surface area contributed by atoms with Crippen molar-refractivity contribution in [2.75, 3.05) is 26.4 Å². The Morgan fingerprint density at radius 1 is 0.420 bits per heavy atom. The zero-order chi connectivity index (χ0) is 64.0. The van der Waals surface area contributed by atoms with Gasteiger partial charge in [-0.3, -0.25) is 4.79 Å². The van der Waals surface area contributed by atoms with Crippen LogP contribution in [0, 0.1) is 0 Å². The largest absolute Gasteiger partial charge is 0.394 e. The number of amides is 1. The molecule has 3 rings (SSSR count). The molecule has 1 amide bonds. The van der Waals surface area contributed by atoms with Gasteiger partial charge >= 0.3 is 0 Å². The number of rotatable bonds is 50. The van der Waals surface area contributed by atoms with Crippen molar-refractivity contribution in [3.05, 3.63) is 85.1 Å². The van der Waals surface area contributed by atoms with Crippen LogP contribution < -0.4 is 5.32 Å². The summed E-state index contributed by atoms with van der Waals surface area (Å²) in [6.45, 7) is 1.66. The molecule has 17 atom stereocenters. The van der Waals surface area contributed by atoms with Gasteiger partial charge in [0.1, 0.15) is 73.2 Å². The van der Waals surface area contributed by atoms with E-state index in [4.69, 9.17) is 28.4 Å². The molecule has 19 nitrogen and oxygen atoms in total. The molecule has 19 heteroatoms. The summed E-state index contributed by atoms with van der Waals surface area (Å²) in [4.78, 5) is 13.4. The van der Waals surface area contributed by atoms with Gasteiger partial charge in [-0.25, -0.2) is 0 Å². The zero-order valence-corrected chi connectivity index (χ0v) is 53.4. The Bertz CT molecular complexity index is 1930. The number of hydrogen-bond donors (Lipinski definition) is 12. The predicted octanol–water partition coefficient (Wildman–Crippen LogP) is 8.32. The second kappa shape index (κ2) is 50.5. The lowest BCUT2D eigenvalue weighted by Crippen LogP contribution is -2.66. The number of allylic oxidation sites excluding steroid dienone is 14. The molecule has 3 saturated heterocycles. The molecule has 3 fully saturated rings. The van der Waals surface area contributed by atoms with Crippen LogP contribution in [0.3, 0.4) is 0 Å². The van der Waals surface area contributed by atoms with E-state index < -0.39 is 124 Å². The normalized spacial score (nSPS) is 28.9. The van der Waals surface area contributed by atoms with Crippen molar-refractivity contribution in [2.24, 2.45) is 0 Å². The van der Waals surface area contributed by atoms with E-state index in [1.807, 2.05) is 0 Å². The highest BCUT2D eigenvalue weighted by Crippen LogP contribution is 2.33. The third-order valence-corrected chi connectivity index (χ3v) is 16.5. The van der Waals surface area contributed by atoms with Gasteiger partial charge in [0.15, 0.2) is 18.9 Å². The minimum Gasteiger partial charge on any atom is -0.394 e. The minimum atomic E-state index is -1.98. The monoisotopic (exact) mass is 1250 g/mol. The van der Waals surface area contributed by atoms with Crippen LogP contribution in [0.5, 0.6) is 0 Å². The Labute approximate surface area is 527 Å². The molecule has 17 unspecified atom stereocenters. The van der Waals surface area contributed by atoms with Crippen LogP contribution in [0.1, 0.15) is 213 Å². The lowest BCUT2D eigenvalue weighted by atomic mass is 9.96. The summed E-state index contributed by atoms with van der Waals surface area (Å²) in [5.74, 6) is -0.258. The van der Waals surface area contributed by atoms with E-state index in [2.05, 4.69) is 104 Å². The summed E-state index contributed by atoms with van der Waals surface area (Å²) in [5.41, 5.74) is 0. The summed E-state index contributed by atoms with van der Waals surface area (Å²) < 4.78 is 34.4. The number of nitrogens with one attached hydrogen (secondary N) is 1. The van der Waals surface area contributed by atoms with Gasteiger partial charge in [0.2, 0.25) is 5.91 Å². The number of unbranched alkanes of at least 4 members (excludes halogenated alkanes) is 20. The third kappa shape index (κ3) is 32.5. The van der Waals surface area contributed by atoms with E-state index in [0.717, 1.165) is 116 Å². The summed E-state index contributed by atoms with van der Waals surface area (Å²) in [6, 6.07) is -0.899.